The summed E-state index contributed by atoms with van der Waals surface area (Å²) in [6.45, 7) is 5.90. The van der Waals surface area contributed by atoms with Crippen LogP contribution in [0.15, 0.2) is 30.3 Å². The number of aliphatic hydroxyl groups excluding tert-OH is 1. The van der Waals surface area contributed by atoms with Crippen molar-refractivity contribution >= 4 is 6.03 Å². The number of hydrogen-bond donors (Lipinski definition) is 2. The molecule has 128 valence electrons. The Bertz CT molecular complexity index is 475. The van der Waals surface area contributed by atoms with Crippen LogP contribution < -0.4 is 5.32 Å². The Morgan fingerprint density at radius 2 is 1.96 bits per heavy atom. The lowest BCUT2D eigenvalue weighted by atomic mass is 9.77. The minimum Gasteiger partial charge on any atom is -0.396 e. The summed E-state index contributed by atoms with van der Waals surface area (Å²) in [6, 6.07) is 10.6. The third-order valence-electron chi connectivity index (χ3n) is 5.28. The fourth-order valence-electron chi connectivity index (χ4n) is 3.21. The van der Waals surface area contributed by atoms with E-state index in [9.17, 15) is 9.90 Å². The van der Waals surface area contributed by atoms with Crippen molar-refractivity contribution in [1.82, 2.24) is 10.2 Å². The van der Waals surface area contributed by atoms with Crippen LogP contribution in [0.4, 0.5) is 4.79 Å². The van der Waals surface area contributed by atoms with Crippen LogP contribution in [0.25, 0.3) is 0 Å². The van der Waals surface area contributed by atoms with Crippen molar-refractivity contribution in [3.8, 4) is 0 Å². The number of benzene rings is 1. The van der Waals surface area contributed by atoms with Gasteiger partial charge in [0.15, 0.2) is 0 Å². The summed E-state index contributed by atoms with van der Waals surface area (Å²) >= 11 is 0. The number of aryl methyl sites for hydroxylation is 1. The summed E-state index contributed by atoms with van der Waals surface area (Å²) in [5, 5.41) is 12.7. The number of hydrogen-bond acceptors (Lipinski definition) is 2. The van der Waals surface area contributed by atoms with E-state index in [1.54, 1.807) is 0 Å². The topological polar surface area (TPSA) is 52.6 Å². The van der Waals surface area contributed by atoms with Crippen LogP contribution in [0.5, 0.6) is 0 Å². The van der Waals surface area contributed by atoms with Crippen molar-refractivity contribution in [2.24, 2.45) is 5.41 Å². The summed E-state index contributed by atoms with van der Waals surface area (Å²) < 4.78 is 0. The average molecular weight is 318 g/mol. The molecular weight excluding hydrogens is 288 g/mol. The van der Waals surface area contributed by atoms with Crippen molar-refractivity contribution in [3.05, 3.63) is 35.9 Å². The van der Waals surface area contributed by atoms with E-state index in [1.165, 1.54) is 5.56 Å². The van der Waals surface area contributed by atoms with E-state index >= 15 is 0 Å². The molecule has 1 aliphatic rings. The standard InChI is InChI=1S/C19H30N2O2/c1-3-19(15-22)11-13-21(14-12-19)18(23)20-16(2)9-10-17-7-5-4-6-8-17/h4-8,16,22H,3,9-15H2,1-2H3,(H,20,23). The van der Waals surface area contributed by atoms with E-state index < -0.39 is 0 Å². The van der Waals surface area contributed by atoms with E-state index in [2.05, 4.69) is 31.3 Å². The van der Waals surface area contributed by atoms with Gasteiger partial charge >= 0.3 is 6.03 Å². The molecule has 0 bridgehead atoms. The minimum atomic E-state index is 0.0235. The second kappa shape index (κ2) is 8.34. The number of rotatable bonds is 6. The van der Waals surface area contributed by atoms with Gasteiger partial charge in [0.1, 0.15) is 0 Å². The maximum atomic E-state index is 12.4. The lowest BCUT2D eigenvalue weighted by Crippen LogP contribution is -2.50. The molecular formula is C19H30N2O2. The molecule has 0 saturated carbocycles. The second-order valence-corrected chi connectivity index (χ2v) is 6.87. The van der Waals surface area contributed by atoms with Gasteiger partial charge < -0.3 is 15.3 Å². The van der Waals surface area contributed by atoms with Crippen molar-refractivity contribution in [3.63, 3.8) is 0 Å². The van der Waals surface area contributed by atoms with Crippen LogP contribution in [0.2, 0.25) is 0 Å². The number of carbonyl (C=O) groups excluding carboxylic acids is 1. The van der Waals surface area contributed by atoms with E-state index in [-0.39, 0.29) is 24.1 Å². The van der Waals surface area contributed by atoms with Crippen molar-refractivity contribution in [1.29, 1.82) is 0 Å². The molecule has 4 nitrogen and oxygen atoms in total. The summed E-state index contributed by atoms with van der Waals surface area (Å²) in [6.07, 6.45) is 4.69. The van der Waals surface area contributed by atoms with Crippen molar-refractivity contribution in [2.75, 3.05) is 19.7 Å². The number of piperidine rings is 1. The first-order chi connectivity index (χ1) is 11.1. The van der Waals surface area contributed by atoms with Gasteiger partial charge in [-0.15, -0.1) is 0 Å². The summed E-state index contributed by atoms with van der Waals surface area (Å²) in [7, 11) is 0. The molecule has 23 heavy (non-hydrogen) atoms. The number of nitrogens with one attached hydrogen (secondary N) is 1. The van der Waals surface area contributed by atoms with E-state index in [0.29, 0.717) is 0 Å². The average Bonchev–Trinajstić information content (AvgIpc) is 2.61. The van der Waals surface area contributed by atoms with Gasteiger partial charge in [-0.2, -0.15) is 0 Å². The number of urea groups is 1. The van der Waals surface area contributed by atoms with Gasteiger partial charge in [0, 0.05) is 25.7 Å². The Morgan fingerprint density at radius 3 is 2.52 bits per heavy atom. The molecule has 1 unspecified atom stereocenters. The minimum absolute atomic E-state index is 0.0235. The van der Waals surface area contributed by atoms with Crippen molar-refractivity contribution in [2.45, 2.75) is 52.0 Å². The van der Waals surface area contributed by atoms with E-state index in [4.69, 9.17) is 0 Å². The van der Waals surface area contributed by atoms with E-state index in [0.717, 1.165) is 45.2 Å². The monoisotopic (exact) mass is 318 g/mol. The molecule has 2 rings (SSSR count). The van der Waals surface area contributed by atoms with Crippen LogP contribution in [0, 0.1) is 5.41 Å². The third-order valence-corrected chi connectivity index (χ3v) is 5.28. The first-order valence-corrected chi connectivity index (χ1v) is 8.79. The van der Waals surface area contributed by atoms with Gasteiger partial charge in [0.25, 0.3) is 0 Å². The molecule has 1 aliphatic heterocycles. The number of aliphatic hydroxyl groups is 1. The van der Waals surface area contributed by atoms with Crippen LogP contribution in [-0.4, -0.2) is 41.8 Å². The molecule has 2 amide bonds. The molecule has 0 aliphatic carbocycles. The Labute approximate surface area is 139 Å². The molecule has 1 fully saturated rings. The molecule has 4 heteroatoms. The Kier molecular flexibility index (Phi) is 6.46. The first-order valence-electron chi connectivity index (χ1n) is 8.79. The Balaban J connectivity index is 1.74. The second-order valence-electron chi connectivity index (χ2n) is 6.87. The third kappa shape index (κ3) is 4.96. The number of nitrogens with zero attached hydrogens (tertiary/aromatic N) is 1. The summed E-state index contributed by atoms with van der Waals surface area (Å²) in [5.41, 5.74) is 1.33. The Morgan fingerprint density at radius 1 is 1.30 bits per heavy atom. The first kappa shape index (κ1) is 17.8. The molecule has 1 saturated heterocycles. The summed E-state index contributed by atoms with van der Waals surface area (Å²) in [4.78, 5) is 14.3. The zero-order valence-electron chi connectivity index (χ0n) is 14.4. The van der Waals surface area contributed by atoms with Gasteiger partial charge in [0.2, 0.25) is 0 Å². The zero-order chi connectivity index (χ0) is 16.7. The molecule has 1 atom stereocenters. The largest absolute Gasteiger partial charge is 0.396 e. The highest BCUT2D eigenvalue weighted by atomic mass is 16.3. The quantitative estimate of drug-likeness (QED) is 0.846. The predicted molar refractivity (Wildman–Crippen MR) is 93.4 cm³/mol. The molecule has 2 N–H and O–H groups in total. The van der Waals surface area contributed by atoms with Crippen LogP contribution in [0.3, 0.4) is 0 Å². The highest BCUT2D eigenvalue weighted by Gasteiger charge is 2.33. The molecule has 0 radical (unpaired) electrons. The van der Waals surface area contributed by atoms with E-state index in [1.807, 2.05) is 23.1 Å². The number of carbonyl (C=O) groups is 1. The molecule has 1 heterocycles. The SMILES string of the molecule is CCC1(CO)CCN(C(=O)NC(C)CCc2ccccc2)CC1. The lowest BCUT2D eigenvalue weighted by molar-refractivity contribution is 0.0515. The van der Waals surface area contributed by atoms with Gasteiger partial charge in [0.05, 0.1) is 0 Å². The maximum Gasteiger partial charge on any atom is 0.317 e. The number of amides is 2. The van der Waals surface area contributed by atoms with Gasteiger partial charge in [-0.3, -0.25) is 0 Å². The van der Waals surface area contributed by atoms with Crippen molar-refractivity contribution < 1.29 is 9.90 Å². The smallest absolute Gasteiger partial charge is 0.317 e. The zero-order valence-corrected chi connectivity index (χ0v) is 14.4. The van der Waals surface area contributed by atoms with Gasteiger partial charge in [-0.1, -0.05) is 37.3 Å². The van der Waals surface area contributed by atoms with Crippen LogP contribution >= 0.6 is 0 Å². The maximum absolute atomic E-state index is 12.4. The van der Waals surface area contributed by atoms with Gasteiger partial charge in [-0.25, -0.2) is 4.79 Å². The van der Waals surface area contributed by atoms with Gasteiger partial charge in [-0.05, 0) is 50.0 Å². The highest BCUT2D eigenvalue weighted by Crippen LogP contribution is 2.34. The van der Waals surface area contributed by atoms with Crippen LogP contribution in [-0.2, 0) is 6.42 Å². The van der Waals surface area contributed by atoms with Crippen LogP contribution in [0.1, 0.15) is 45.1 Å². The lowest BCUT2D eigenvalue weighted by Gasteiger charge is -2.40. The molecule has 1 aromatic carbocycles. The predicted octanol–water partition coefficient (Wildman–Crippen LogP) is 3.20. The molecule has 1 aromatic rings. The normalized spacial score (nSPS) is 18.5. The molecule has 0 aromatic heterocycles. The molecule has 0 spiro atoms. The Hall–Kier alpha value is -1.55. The fraction of sp³-hybridized carbons (Fsp3) is 0.632. The summed E-state index contributed by atoms with van der Waals surface area (Å²) in [5.74, 6) is 0. The number of likely N-dealkylation sites (tertiary alicyclic amines) is 1. The highest BCUT2D eigenvalue weighted by molar-refractivity contribution is 5.74. The fourth-order valence-corrected chi connectivity index (χ4v) is 3.21.